The molecule has 16 heteroatoms. The van der Waals surface area contributed by atoms with E-state index in [1.54, 1.807) is 18.0 Å². The number of carbonyl (C=O) groups excluding carboxylic acids is 6. The van der Waals surface area contributed by atoms with Gasteiger partial charge < -0.3 is 45.7 Å². The Hall–Kier alpha value is -4.15. The maximum atomic E-state index is 13.4. The lowest BCUT2D eigenvalue weighted by Crippen LogP contribution is -2.46. The third-order valence-electron chi connectivity index (χ3n) is 10.8. The van der Waals surface area contributed by atoms with Crippen LogP contribution >= 0.6 is 0 Å². The Morgan fingerprint density at radius 2 is 1.60 bits per heavy atom. The number of hydrogen-bond donors (Lipinski definition) is 4. The highest BCUT2D eigenvalue weighted by molar-refractivity contribution is 5.98. The van der Waals surface area contributed by atoms with Gasteiger partial charge in [-0.05, 0) is 76.3 Å². The zero-order chi connectivity index (χ0) is 39.7. The summed E-state index contributed by atoms with van der Waals surface area (Å²) in [5.41, 5.74) is 5.89. The van der Waals surface area contributed by atoms with Gasteiger partial charge in [-0.2, -0.15) is 0 Å². The van der Waals surface area contributed by atoms with Gasteiger partial charge in [0.25, 0.3) is 11.8 Å². The van der Waals surface area contributed by atoms with Crippen LogP contribution in [0.15, 0.2) is 18.3 Å². The normalized spacial score (nSPS) is 23.1. The highest BCUT2D eigenvalue weighted by atomic mass is 16.5. The number of rotatable bonds is 21. The molecule has 1 aromatic heterocycles. The zero-order valence-corrected chi connectivity index (χ0v) is 32.7. The number of methoxy groups -OCH3 is 1. The van der Waals surface area contributed by atoms with E-state index in [1.807, 2.05) is 6.92 Å². The molecule has 2 aliphatic carbocycles. The van der Waals surface area contributed by atoms with Gasteiger partial charge in [-0.3, -0.25) is 33.8 Å². The first kappa shape index (κ1) is 43.6. The molecule has 1 aromatic rings. The lowest BCUT2D eigenvalue weighted by Gasteiger charge is -2.30. The minimum Gasteiger partial charge on any atom is -0.378 e. The minimum atomic E-state index is -0.705. The van der Waals surface area contributed by atoms with E-state index in [0.717, 1.165) is 32.1 Å². The first-order valence-corrected chi connectivity index (χ1v) is 19.9. The van der Waals surface area contributed by atoms with Crippen molar-refractivity contribution in [3.05, 3.63) is 24.0 Å². The minimum absolute atomic E-state index is 0.00200. The van der Waals surface area contributed by atoms with Crippen molar-refractivity contribution in [2.45, 2.75) is 115 Å². The number of nitrogens with two attached hydrogens (primary N) is 1. The van der Waals surface area contributed by atoms with Crippen molar-refractivity contribution in [1.29, 1.82) is 0 Å². The number of aromatic nitrogens is 1. The van der Waals surface area contributed by atoms with Gasteiger partial charge >= 0.3 is 0 Å². The number of primary amides is 1. The van der Waals surface area contributed by atoms with Gasteiger partial charge in [-0.1, -0.05) is 13.3 Å². The average Bonchev–Trinajstić information content (AvgIpc) is 3.53. The van der Waals surface area contributed by atoms with Gasteiger partial charge in [-0.25, -0.2) is 0 Å². The van der Waals surface area contributed by atoms with E-state index in [9.17, 15) is 28.8 Å². The van der Waals surface area contributed by atoms with Crippen LogP contribution in [0.1, 0.15) is 101 Å². The number of nitrogens with one attached hydrogen (secondary N) is 3. The molecule has 0 aromatic carbocycles. The number of pyridine rings is 1. The fraction of sp³-hybridized carbons (Fsp3) is 0.718. The summed E-state index contributed by atoms with van der Waals surface area (Å²) in [5, 5.41) is 8.96. The van der Waals surface area contributed by atoms with Crippen LogP contribution in [0, 0.1) is 11.8 Å². The molecule has 55 heavy (non-hydrogen) atoms. The van der Waals surface area contributed by atoms with Gasteiger partial charge in [0.05, 0.1) is 24.7 Å². The second-order valence-electron chi connectivity index (χ2n) is 14.9. The standard InChI is InChI=1S/C39H61N7O9/c1-4-6-33(53-3)39(52)46(29-16-17-41-32(24-29)36(40)49)20-18-42-37(50)26-8-10-28(11-9-26)44-34(47)7-5-21-54-30-12-14-31(15-13-30)55-22-19-43-38(51)27-23-35(48)45(2)25-27/h16-17,24,26-28,30-31,33H,4-15,18-23,25H2,1-3H3,(H2,40,49)(H,42,50)(H,43,51)(H,44,47). The summed E-state index contributed by atoms with van der Waals surface area (Å²) in [5.74, 6) is -1.64. The van der Waals surface area contributed by atoms with Crippen LogP contribution in [0.4, 0.5) is 5.69 Å². The third kappa shape index (κ3) is 13.8. The Labute approximate surface area is 324 Å². The van der Waals surface area contributed by atoms with E-state index in [2.05, 4.69) is 20.9 Å². The van der Waals surface area contributed by atoms with Crippen LogP contribution in [0.2, 0.25) is 0 Å². The van der Waals surface area contributed by atoms with Crippen molar-refractivity contribution < 1.29 is 43.0 Å². The molecule has 0 radical (unpaired) electrons. The molecule has 0 spiro atoms. The van der Waals surface area contributed by atoms with Gasteiger partial charge in [0.1, 0.15) is 11.8 Å². The lowest BCUT2D eigenvalue weighted by molar-refractivity contribution is -0.129. The number of amides is 6. The van der Waals surface area contributed by atoms with Crippen molar-refractivity contribution in [2.24, 2.45) is 17.6 Å². The number of carbonyl (C=O) groups is 6. The second kappa shape index (κ2) is 22.4. The van der Waals surface area contributed by atoms with E-state index in [0.29, 0.717) is 76.9 Å². The molecular formula is C39H61N7O9. The average molecular weight is 772 g/mol. The molecule has 5 N–H and O–H groups in total. The number of hydrogen-bond acceptors (Lipinski definition) is 10. The van der Waals surface area contributed by atoms with Crippen molar-refractivity contribution in [1.82, 2.24) is 25.8 Å². The molecular weight excluding hydrogens is 710 g/mol. The number of ether oxygens (including phenoxy) is 3. The quantitative estimate of drug-likeness (QED) is 0.133. The highest BCUT2D eigenvalue weighted by Crippen LogP contribution is 2.26. The van der Waals surface area contributed by atoms with E-state index < -0.39 is 12.0 Å². The van der Waals surface area contributed by atoms with Crippen LogP contribution in [0.3, 0.4) is 0 Å². The fourth-order valence-corrected chi connectivity index (χ4v) is 7.53. The van der Waals surface area contributed by atoms with Gasteiger partial charge in [0.2, 0.25) is 23.6 Å². The summed E-state index contributed by atoms with van der Waals surface area (Å²) in [6, 6.07) is 3.11. The SMILES string of the molecule is CCCC(OC)C(=O)N(CCNC(=O)C1CCC(NC(=O)CCCOC2CCC(OCCNC(=O)C3CC(=O)N(C)C3)CC2)CC1)c1ccnc(C(N)=O)c1. The summed E-state index contributed by atoms with van der Waals surface area (Å²) in [6.45, 7) is 4.19. The van der Waals surface area contributed by atoms with Gasteiger partial charge in [0.15, 0.2) is 0 Å². The molecule has 4 rings (SSSR count). The van der Waals surface area contributed by atoms with Crippen LogP contribution in [-0.2, 0) is 38.2 Å². The molecule has 3 aliphatic rings. The lowest BCUT2D eigenvalue weighted by atomic mass is 9.85. The summed E-state index contributed by atoms with van der Waals surface area (Å²) in [7, 11) is 3.19. The van der Waals surface area contributed by atoms with E-state index in [-0.39, 0.29) is 84.8 Å². The van der Waals surface area contributed by atoms with Crippen molar-refractivity contribution >= 4 is 41.1 Å². The fourth-order valence-electron chi connectivity index (χ4n) is 7.53. The molecule has 6 amide bonds. The highest BCUT2D eigenvalue weighted by Gasteiger charge is 2.32. The zero-order valence-electron chi connectivity index (χ0n) is 32.7. The number of anilines is 1. The van der Waals surface area contributed by atoms with Crippen LogP contribution in [0.5, 0.6) is 0 Å². The summed E-state index contributed by atoms with van der Waals surface area (Å²) < 4.78 is 17.5. The maximum absolute atomic E-state index is 13.4. The molecule has 16 nitrogen and oxygen atoms in total. The van der Waals surface area contributed by atoms with Gasteiger partial charge in [0, 0.05) is 83.6 Å². The molecule has 2 unspecified atom stereocenters. The first-order valence-electron chi connectivity index (χ1n) is 19.9. The first-order chi connectivity index (χ1) is 26.5. The Kier molecular flexibility index (Phi) is 17.8. The van der Waals surface area contributed by atoms with Crippen molar-refractivity contribution in [3.8, 4) is 0 Å². The molecule has 3 fully saturated rings. The Morgan fingerprint density at radius 3 is 2.22 bits per heavy atom. The Morgan fingerprint density at radius 1 is 0.945 bits per heavy atom. The summed E-state index contributed by atoms with van der Waals surface area (Å²) in [4.78, 5) is 81.8. The van der Waals surface area contributed by atoms with E-state index >= 15 is 0 Å². The Balaban J connectivity index is 1.05. The monoisotopic (exact) mass is 771 g/mol. The van der Waals surface area contributed by atoms with Crippen molar-refractivity contribution in [3.63, 3.8) is 0 Å². The number of likely N-dealkylation sites (tertiary alicyclic amines) is 1. The number of nitrogens with zero attached hydrogens (tertiary/aromatic N) is 3. The maximum Gasteiger partial charge on any atom is 0.267 e. The Bertz CT molecular complexity index is 1450. The van der Waals surface area contributed by atoms with E-state index in [4.69, 9.17) is 19.9 Å². The summed E-state index contributed by atoms with van der Waals surface area (Å²) in [6.07, 6.45) is 9.86. The molecule has 2 saturated carbocycles. The molecule has 1 saturated heterocycles. The predicted octanol–water partition coefficient (Wildman–Crippen LogP) is 1.84. The largest absolute Gasteiger partial charge is 0.378 e. The molecule has 2 heterocycles. The molecule has 1 aliphatic heterocycles. The topological polar surface area (TPSA) is 212 Å². The van der Waals surface area contributed by atoms with Crippen LogP contribution in [0.25, 0.3) is 0 Å². The van der Waals surface area contributed by atoms with Crippen molar-refractivity contribution in [2.75, 3.05) is 58.5 Å². The van der Waals surface area contributed by atoms with Crippen LogP contribution < -0.4 is 26.6 Å². The molecule has 0 bridgehead atoms. The molecule has 2 atom stereocenters. The third-order valence-corrected chi connectivity index (χ3v) is 10.8. The second-order valence-corrected chi connectivity index (χ2v) is 14.9. The summed E-state index contributed by atoms with van der Waals surface area (Å²) >= 11 is 0. The predicted molar refractivity (Wildman–Crippen MR) is 204 cm³/mol. The van der Waals surface area contributed by atoms with E-state index in [1.165, 1.54) is 24.3 Å². The smallest absolute Gasteiger partial charge is 0.267 e. The van der Waals surface area contributed by atoms with Gasteiger partial charge in [-0.15, -0.1) is 0 Å². The van der Waals surface area contributed by atoms with Crippen LogP contribution in [-0.4, -0.2) is 123 Å². The molecule has 306 valence electrons.